The monoisotopic (exact) mass is 653 g/mol. The number of hydrazone groups is 1. The van der Waals surface area contributed by atoms with E-state index in [1.54, 1.807) is 30.3 Å². The number of nitrogens with one attached hydrogen (secondary N) is 3. The Morgan fingerprint density at radius 1 is 0.935 bits per heavy atom. The molecule has 0 bridgehead atoms. The number of hydrogen-bond acceptors (Lipinski definition) is 8. The van der Waals surface area contributed by atoms with Crippen molar-refractivity contribution in [2.24, 2.45) is 5.10 Å². The molecule has 2 amide bonds. The maximum absolute atomic E-state index is 12.7. The summed E-state index contributed by atoms with van der Waals surface area (Å²) < 4.78 is 11.5. The largest absolute Gasteiger partial charge is 0.490 e. The molecule has 9 nitrogen and oxygen atoms in total. The number of benzene rings is 4. The first-order valence-electron chi connectivity index (χ1n) is 14.5. The number of thiazole rings is 1. The first-order valence-corrected chi connectivity index (χ1v) is 15.7. The Labute approximate surface area is 276 Å². The molecule has 0 atom stereocenters. The fourth-order valence-electron chi connectivity index (χ4n) is 4.34. The summed E-state index contributed by atoms with van der Waals surface area (Å²) in [5.74, 6) is 0.250. The molecule has 0 radical (unpaired) electrons. The van der Waals surface area contributed by atoms with Crippen LogP contribution in [0.4, 0.5) is 16.5 Å². The van der Waals surface area contributed by atoms with Gasteiger partial charge in [-0.1, -0.05) is 35.9 Å². The number of nitrogens with zero attached hydrogens (tertiary/aromatic N) is 2. The summed E-state index contributed by atoms with van der Waals surface area (Å²) in [7, 11) is 0. The van der Waals surface area contributed by atoms with Gasteiger partial charge in [0.25, 0.3) is 11.8 Å². The fraction of sp³-hybridized carbons (Fsp3) is 0.143. The Hall–Kier alpha value is -5.19. The van der Waals surface area contributed by atoms with Crippen LogP contribution in [-0.4, -0.2) is 36.2 Å². The second kappa shape index (κ2) is 15.2. The number of amides is 2. The molecule has 234 valence electrons. The van der Waals surface area contributed by atoms with Gasteiger partial charge in [-0.3, -0.25) is 9.59 Å². The van der Waals surface area contributed by atoms with Crippen LogP contribution < -0.4 is 25.5 Å². The smallest absolute Gasteiger partial charge is 0.271 e. The number of rotatable bonds is 12. The second-order valence-electron chi connectivity index (χ2n) is 10.2. The highest BCUT2D eigenvalue weighted by Crippen LogP contribution is 2.29. The lowest BCUT2D eigenvalue weighted by Crippen LogP contribution is -2.21. The van der Waals surface area contributed by atoms with Crippen LogP contribution in [0.25, 0.3) is 11.3 Å². The van der Waals surface area contributed by atoms with Gasteiger partial charge >= 0.3 is 0 Å². The molecule has 0 spiro atoms. The lowest BCUT2D eigenvalue weighted by molar-refractivity contribution is -0.118. The highest BCUT2D eigenvalue weighted by Gasteiger charge is 2.12. The quantitative estimate of drug-likeness (QED) is 0.0929. The van der Waals surface area contributed by atoms with E-state index in [2.05, 4.69) is 26.1 Å². The topological polar surface area (TPSA) is 114 Å². The van der Waals surface area contributed by atoms with Gasteiger partial charge in [0.05, 0.1) is 18.5 Å². The Kier molecular flexibility index (Phi) is 10.6. The highest BCUT2D eigenvalue weighted by atomic mass is 35.5. The summed E-state index contributed by atoms with van der Waals surface area (Å²) in [6.45, 7) is 5.98. The van der Waals surface area contributed by atoms with Crippen LogP contribution in [0, 0.1) is 13.8 Å². The van der Waals surface area contributed by atoms with E-state index in [1.807, 2.05) is 80.7 Å². The number of anilines is 3. The molecule has 0 fully saturated rings. The van der Waals surface area contributed by atoms with Crippen molar-refractivity contribution in [3.8, 4) is 22.8 Å². The van der Waals surface area contributed by atoms with Crippen molar-refractivity contribution in [2.45, 2.75) is 20.8 Å². The molecular weight excluding hydrogens is 622 g/mol. The third-order valence-electron chi connectivity index (χ3n) is 6.72. The number of halogens is 1. The highest BCUT2D eigenvalue weighted by molar-refractivity contribution is 7.14. The van der Waals surface area contributed by atoms with Gasteiger partial charge in [-0.05, 0) is 98.1 Å². The van der Waals surface area contributed by atoms with E-state index in [0.29, 0.717) is 34.3 Å². The Morgan fingerprint density at radius 3 is 2.48 bits per heavy atom. The van der Waals surface area contributed by atoms with Crippen LogP contribution in [-0.2, 0) is 4.79 Å². The fourth-order valence-corrected chi connectivity index (χ4v) is 5.20. The van der Waals surface area contributed by atoms with Crippen molar-refractivity contribution >= 4 is 57.5 Å². The van der Waals surface area contributed by atoms with Gasteiger partial charge in [-0.25, -0.2) is 10.4 Å². The minimum atomic E-state index is -0.356. The van der Waals surface area contributed by atoms with Crippen molar-refractivity contribution in [1.29, 1.82) is 0 Å². The van der Waals surface area contributed by atoms with Gasteiger partial charge in [0, 0.05) is 32.9 Å². The maximum Gasteiger partial charge on any atom is 0.271 e. The van der Waals surface area contributed by atoms with E-state index in [4.69, 9.17) is 21.1 Å². The molecule has 0 aliphatic carbocycles. The average molecular weight is 654 g/mol. The molecule has 5 rings (SSSR count). The van der Waals surface area contributed by atoms with E-state index >= 15 is 0 Å². The number of aryl methyl sites for hydroxylation is 2. The summed E-state index contributed by atoms with van der Waals surface area (Å²) >= 11 is 7.44. The third kappa shape index (κ3) is 8.71. The Bertz CT molecular complexity index is 1860. The molecule has 0 aliphatic rings. The minimum Gasteiger partial charge on any atom is -0.490 e. The SMILES string of the molecule is CCOc1cc(/C=N\NC(=O)c2ccc(-c3csc(Nc4ccc(Cl)cc4)n3)cc2)ccc1OCC(=O)Nc1cc(C)ccc1C. The molecule has 0 aliphatic heterocycles. The van der Waals surface area contributed by atoms with Crippen LogP contribution in [0.15, 0.2) is 95.4 Å². The van der Waals surface area contributed by atoms with Crippen molar-refractivity contribution in [1.82, 2.24) is 10.4 Å². The standard InChI is InChI=1S/C35H32ClN5O4S/c1-4-44-32-18-24(7-16-31(32)45-20-33(42)39-29-17-22(2)5-6-23(29)3)19-37-41-34(43)26-10-8-25(9-11-26)30-21-46-35(40-30)38-28-14-12-27(36)13-15-28/h5-19,21H,4,20H2,1-3H3,(H,38,40)(H,39,42)(H,41,43)/b37-19-. The summed E-state index contributed by atoms with van der Waals surface area (Å²) in [6, 6.07) is 25.6. The molecular formula is C35H32ClN5O4S. The Balaban J connectivity index is 1.15. The van der Waals surface area contributed by atoms with Crippen LogP contribution in [0.2, 0.25) is 5.02 Å². The van der Waals surface area contributed by atoms with Crippen LogP contribution in [0.3, 0.4) is 0 Å². The van der Waals surface area contributed by atoms with Gasteiger partial charge < -0.3 is 20.1 Å². The number of carbonyl (C=O) groups excluding carboxylic acids is 2. The zero-order valence-electron chi connectivity index (χ0n) is 25.5. The molecule has 0 saturated heterocycles. The molecule has 3 N–H and O–H groups in total. The van der Waals surface area contributed by atoms with Crippen LogP contribution in [0.1, 0.15) is 34.0 Å². The molecule has 11 heteroatoms. The average Bonchev–Trinajstić information content (AvgIpc) is 3.52. The third-order valence-corrected chi connectivity index (χ3v) is 7.73. The van der Waals surface area contributed by atoms with E-state index in [9.17, 15) is 9.59 Å². The van der Waals surface area contributed by atoms with E-state index in [1.165, 1.54) is 17.6 Å². The van der Waals surface area contributed by atoms with Crippen LogP contribution >= 0.6 is 22.9 Å². The molecule has 4 aromatic carbocycles. The first-order chi connectivity index (χ1) is 22.3. The van der Waals surface area contributed by atoms with Crippen molar-refractivity contribution < 1.29 is 19.1 Å². The molecule has 1 aromatic heterocycles. The van der Waals surface area contributed by atoms with E-state index < -0.39 is 0 Å². The van der Waals surface area contributed by atoms with Gasteiger partial charge in [0.2, 0.25) is 0 Å². The summed E-state index contributed by atoms with van der Waals surface area (Å²) in [5, 5.41) is 13.6. The number of aromatic nitrogens is 1. The summed E-state index contributed by atoms with van der Waals surface area (Å²) in [6.07, 6.45) is 1.51. The van der Waals surface area contributed by atoms with Crippen LogP contribution in [0.5, 0.6) is 11.5 Å². The maximum atomic E-state index is 12.7. The number of carbonyl (C=O) groups is 2. The van der Waals surface area contributed by atoms with Crippen molar-refractivity contribution in [2.75, 3.05) is 23.8 Å². The van der Waals surface area contributed by atoms with Gasteiger partial charge in [0.1, 0.15) is 0 Å². The second-order valence-corrected chi connectivity index (χ2v) is 11.5. The van der Waals surface area contributed by atoms with Crippen molar-refractivity contribution in [3.63, 3.8) is 0 Å². The number of ether oxygens (including phenoxy) is 2. The van der Waals surface area contributed by atoms with Gasteiger partial charge in [-0.2, -0.15) is 5.10 Å². The molecule has 0 saturated carbocycles. The summed E-state index contributed by atoms with van der Waals surface area (Å²) in [4.78, 5) is 29.9. The molecule has 1 heterocycles. The molecule has 5 aromatic rings. The Morgan fingerprint density at radius 2 is 1.72 bits per heavy atom. The van der Waals surface area contributed by atoms with Gasteiger partial charge in [0.15, 0.2) is 23.2 Å². The zero-order valence-corrected chi connectivity index (χ0v) is 27.0. The van der Waals surface area contributed by atoms with Crippen molar-refractivity contribution in [3.05, 3.63) is 118 Å². The predicted octanol–water partition coefficient (Wildman–Crippen LogP) is 8.00. The first kappa shape index (κ1) is 32.2. The molecule has 0 unspecified atom stereocenters. The predicted molar refractivity (Wildman–Crippen MR) is 185 cm³/mol. The summed E-state index contributed by atoms with van der Waals surface area (Å²) in [5.41, 5.74) is 9.03. The molecule has 46 heavy (non-hydrogen) atoms. The van der Waals surface area contributed by atoms with E-state index in [-0.39, 0.29) is 18.4 Å². The van der Waals surface area contributed by atoms with Gasteiger partial charge in [-0.15, -0.1) is 11.3 Å². The van der Waals surface area contributed by atoms with E-state index in [0.717, 1.165) is 38.9 Å². The zero-order chi connectivity index (χ0) is 32.5. The lowest BCUT2D eigenvalue weighted by Gasteiger charge is -2.13. The minimum absolute atomic E-state index is 0.181. The lowest BCUT2D eigenvalue weighted by atomic mass is 10.1. The normalized spacial score (nSPS) is 10.9. The number of hydrogen-bond donors (Lipinski definition) is 3.